The molecule has 1 heterocycles. The topological polar surface area (TPSA) is 52.6 Å². The fourth-order valence-corrected chi connectivity index (χ4v) is 1.09. The van der Waals surface area contributed by atoms with Gasteiger partial charge in [0.1, 0.15) is 0 Å². The Hall–Kier alpha value is -0.900. The van der Waals surface area contributed by atoms with Gasteiger partial charge in [-0.05, 0) is 13.3 Å². The third-order valence-corrected chi connectivity index (χ3v) is 1.65. The molecule has 0 N–H and O–H groups in total. The number of ketones is 1. The zero-order chi connectivity index (χ0) is 8.97. The molecule has 0 aromatic heterocycles. The first-order chi connectivity index (χ1) is 5.75. The zero-order valence-corrected chi connectivity index (χ0v) is 7.04. The van der Waals surface area contributed by atoms with Crippen molar-refractivity contribution in [2.45, 2.75) is 25.9 Å². The normalized spacial score (nSPS) is 23.8. The summed E-state index contributed by atoms with van der Waals surface area (Å²) in [6.07, 6.45) is 0.164. The molecule has 0 aromatic carbocycles. The number of carbonyl (C=O) groups is 2. The molecule has 4 nitrogen and oxygen atoms in total. The van der Waals surface area contributed by atoms with Crippen LogP contribution in [-0.4, -0.2) is 31.1 Å². The summed E-state index contributed by atoms with van der Waals surface area (Å²) in [5, 5.41) is 0. The van der Waals surface area contributed by atoms with E-state index in [1.807, 2.05) is 0 Å². The molecule has 0 saturated carbocycles. The van der Waals surface area contributed by atoms with Crippen LogP contribution in [0.1, 0.15) is 19.8 Å². The van der Waals surface area contributed by atoms with Crippen LogP contribution in [0, 0.1) is 0 Å². The van der Waals surface area contributed by atoms with Gasteiger partial charge < -0.3 is 9.47 Å². The summed E-state index contributed by atoms with van der Waals surface area (Å²) >= 11 is 0. The van der Waals surface area contributed by atoms with Gasteiger partial charge in [0, 0.05) is 13.0 Å². The van der Waals surface area contributed by atoms with Crippen molar-refractivity contribution in [3.63, 3.8) is 0 Å². The second-order valence-corrected chi connectivity index (χ2v) is 2.57. The molecular formula is C8H12O4. The minimum absolute atomic E-state index is 0.167. The molecule has 1 aliphatic rings. The van der Waals surface area contributed by atoms with Crippen LogP contribution in [0.2, 0.25) is 0 Å². The number of rotatable bonds is 2. The summed E-state index contributed by atoms with van der Waals surface area (Å²) in [7, 11) is 0. The van der Waals surface area contributed by atoms with Crippen LogP contribution in [-0.2, 0) is 19.1 Å². The van der Waals surface area contributed by atoms with E-state index < -0.39 is 12.1 Å². The highest BCUT2D eigenvalue weighted by molar-refractivity contribution is 6.02. The third kappa shape index (κ3) is 2.04. The maximum atomic E-state index is 11.1. The van der Waals surface area contributed by atoms with Crippen LogP contribution in [0.25, 0.3) is 0 Å². The molecule has 1 unspecified atom stereocenters. The third-order valence-electron chi connectivity index (χ3n) is 1.65. The number of hydrogen-bond donors (Lipinski definition) is 0. The predicted octanol–water partition coefficient (Wildman–Crippen LogP) is 0.298. The average Bonchev–Trinajstić information content (AvgIpc) is 2.05. The highest BCUT2D eigenvalue weighted by Gasteiger charge is 2.30. The molecule has 1 atom stereocenters. The Labute approximate surface area is 70.8 Å². The van der Waals surface area contributed by atoms with Crippen molar-refractivity contribution in [2.75, 3.05) is 13.2 Å². The molecule has 0 radical (unpaired) electrons. The number of ether oxygens (including phenoxy) is 2. The van der Waals surface area contributed by atoms with Crippen LogP contribution < -0.4 is 0 Å². The molecule has 68 valence electrons. The van der Waals surface area contributed by atoms with Crippen LogP contribution in [0.4, 0.5) is 0 Å². The Morgan fingerprint density at radius 1 is 1.75 bits per heavy atom. The molecule has 1 rings (SSSR count). The van der Waals surface area contributed by atoms with Crippen molar-refractivity contribution in [2.24, 2.45) is 0 Å². The Kier molecular flexibility index (Phi) is 3.22. The van der Waals surface area contributed by atoms with Gasteiger partial charge in [0.2, 0.25) is 6.10 Å². The van der Waals surface area contributed by atoms with Crippen LogP contribution in [0.15, 0.2) is 0 Å². The number of Topliss-reactive ketones (excluding diaryl/α,β-unsaturated/α-hetero) is 1. The molecule has 1 saturated heterocycles. The highest BCUT2D eigenvalue weighted by atomic mass is 16.6. The van der Waals surface area contributed by atoms with Crippen molar-refractivity contribution in [3.05, 3.63) is 0 Å². The number of carbonyl (C=O) groups excluding carboxylic acids is 2. The SMILES string of the molecule is CCOC(=O)C1OCCCC1=O. The Balaban J connectivity index is 2.48. The molecule has 0 amide bonds. The van der Waals surface area contributed by atoms with Crippen molar-refractivity contribution in [1.29, 1.82) is 0 Å². The summed E-state index contributed by atoms with van der Waals surface area (Å²) in [5.41, 5.74) is 0. The van der Waals surface area contributed by atoms with Gasteiger partial charge in [-0.15, -0.1) is 0 Å². The lowest BCUT2D eigenvalue weighted by atomic mass is 10.1. The lowest BCUT2D eigenvalue weighted by Gasteiger charge is -2.19. The van der Waals surface area contributed by atoms with E-state index in [1.54, 1.807) is 6.92 Å². The minimum Gasteiger partial charge on any atom is -0.464 e. The molecule has 1 fully saturated rings. The van der Waals surface area contributed by atoms with Gasteiger partial charge in [-0.1, -0.05) is 0 Å². The van der Waals surface area contributed by atoms with Gasteiger partial charge in [0.25, 0.3) is 0 Å². The van der Waals surface area contributed by atoms with Gasteiger partial charge in [-0.25, -0.2) is 4.79 Å². The summed E-state index contributed by atoms with van der Waals surface area (Å²) < 4.78 is 9.65. The van der Waals surface area contributed by atoms with E-state index in [0.717, 1.165) is 0 Å². The standard InChI is InChI=1S/C8H12O4/c1-2-11-8(10)7-6(9)4-3-5-12-7/h7H,2-5H2,1H3. The van der Waals surface area contributed by atoms with E-state index in [2.05, 4.69) is 4.74 Å². The van der Waals surface area contributed by atoms with Gasteiger partial charge in [0.15, 0.2) is 5.78 Å². The van der Waals surface area contributed by atoms with E-state index in [-0.39, 0.29) is 12.4 Å². The van der Waals surface area contributed by atoms with E-state index in [9.17, 15) is 9.59 Å². The van der Waals surface area contributed by atoms with Gasteiger partial charge in [0.05, 0.1) is 6.61 Å². The maximum Gasteiger partial charge on any atom is 0.343 e. The summed E-state index contributed by atoms with van der Waals surface area (Å²) in [5.74, 6) is -0.720. The van der Waals surface area contributed by atoms with Crippen LogP contribution in [0.3, 0.4) is 0 Å². The van der Waals surface area contributed by atoms with E-state index in [4.69, 9.17) is 4.74 Å². The molecule has 0 aliphatic carbocycles. The van der Waals surface area contributed by atoms with Crippen molar-refractivity contribution in [3.8, 4) is 0 Å². The summed E-state index contributed by atoms with van der Waals surface area (Å²) in [6.45, 7) is 2.45. The first-order valence-corrected chi connectivity index (χ1v) is 4.06. The average molecular weight is 172 g/mol. The zero-order valence-electron chi connectivity index (χ0n) is 7.04. The first-order valence-electron chi connectivity index (χ1n) is 4.06. The van der Waals surface area contributed by atoms with Crippen LogP contribution >= 0.6 is 0 Å². The second kappa shape index (κ2) is 4.21. The van der Waals surface area contributed by atoms with E-state index in [0.29, 0.717) is 19.4 Å². The van der Waals surface area contributed by atoms with Gasteiger partial charge in [-0.2, -0.15) is 0 Å². The van der Waals surface area contributed by atoms with Crippen LogP contribution in [0.5, 0.6) is 0 Å². The number of esters is 1. The fourth-order valence-electron chi connectivity index (χ4n) is 1.09. The van der Waals surface area contributed by atoms with Crippen molar-refractivity contribution >= 4 is 11.8 Å². The lowest BCUT2D eigenvalue weighted by Crippen LogP contribution is -2.38. The molecule has 0 spiro atoms. The highest BCUT2D eigenvalue weighted by Crippen LogP contribution is 2.10. The summed E-state index contributed by atoms with van der Waals surface area (Å²) in [6, 6.07) is 0. The van der Waals surface area contributed by atoms with Crippen molar-refractivity contribution in [1.82, 2.24) is 0 Å². The monoisotopic (exact) mass is 172 g/mol. The molecule has 1 aliphatic heterocycles. The van der Waals surface area contributed by atoms with Gasteiger partial charge in [-0.3, -0.25) is 4.79 Å². The molecular weight excluding hydrogens is 160 g/mol. The van der Waals surface area contributed by atoms with Gasteiger partial charge >= 0.3 is 5.97 Å². The summed E-state index contributed by atoms with van der Waals surface area (Å²) in [4.78, 5) is 22.1. The molecule has 0 aromatic rings. The minimum atomic E-state index is -0.960. The van der Waals surface area contributed by atoms with E-state index >= 15 is 0 Å². The quantitative estimate of drug-likeness (QED) is 0.444. The second-order valence-electron chi connectivity index (χ2n) is 2.57. The molecule has 0 bridgehead atoms. The Morgan fingerprint density at radius 3 is 3.08 bits per heavy atom. The number of hydrogen-bond acceptors (Lipinski definition) is 4. The maximum absolute atomic E-state index is 11.1. The largest absolute Gasteiger partial charge is 0.464 e. The Bertz CT molecular complexity index is 187. The molecule has 12 heavy (non-hydrogen) atoms. The fraction of sp³-hybridized carbons (Fsp3) is 0.750. The molecule has 4 heteroatoms. The predicted molar refractivity (Wildman–Crippen MR) is 40.6 cm³/mol. The van der Waals surface area contributed by atoms with Crippen molar-refractivity contribution < 1.29 is 19.1 Å². The first kappa shape index (κ1) is 9.19. The lowest BCUT2D eigenvalue weighted by molar-refractivity contribution is -0.164. The van der Waals surface area contributed by atoms with E-state index in [1.165, 1.54) is 0 Å². The Morgan fingerprint density at radius 2 is 2.50 bits per heavy atom. The smallest absolute Gasteiger partial charge is 0.343 e.